The van der Waals surface area contributed by atoms with E-state index in [0.717, 1.165) is 17.8 Å². The fourth-order valence-electron chi connectivity index (χ4n) is 3.85. The van der Waals surface area contributed by atoms with Crippen molar-refractivity contribution >= 4 is 29.2 Å². The number of benzene rings is 3. The van der Waals surface area contributed by atoms with Crippen LogP contribution >= 0.6 is 11.6 Å². The van der Waals surface area contributed by atoms with E-state index in [-0.39, 0.29) is 23.6 Å². The van der Waals surface area contributed by atoms with Crippen molar-refractivity contribution in [1.29, 1.82) is 0 Å². The quantitative estimate of drug-likeness (QED) is 0.293. The van der Waals surface area contributed by atoms with Crippen LogP contribution in [0.25, 0.3) is 16.9 Å². The monoisotopic (exact) mass is 510 g/mol. The zero-order chi connectivity index (χ0) is 26.0. The molecule has 0 spiro atoms. The van der Waals surface area contributed by atoms with E-state index in [4.69, 9.17) is 16.3 Å². The summed E-state index contributed by atoms with van der Waals surface area (Å²) in [6.07, 6.45) is 0. The summed E-state index contributed by atoms with van der Waals surface area (Å²) in [6, 6.07) is 16.4. The Morgan fingerprint density at radius 3 is 2.50 bits per heavy atom. The highest BCUT2D eigenvalue weighted by Crippen LogP contribution is 2.36. The molecule has 184 valence electrons. The molecule has 6 nitrogen and oxygen atoms in total. The van der Waals surface area contributed by atoms with Gasteiger partial charge in [0, 0.05) is 46.2 Å². The Labute approximate surface area is 210 Å². The maximum atomic E-state index is 14.1. The maximum absolute atomic E-state index is 14.1. The summed E-state index contributed by atoms with van der Waals surface area (Å²) in [5.41, 5.74) is 2.96. The van der Waals surface area contributed by atoms with E-state index in [1.54, 1.807) is 28.8 Å². The molecule has 0 aliphatic rings. The Morgan fingerprint density at radius 1 is 1.03 bits per heavy atom. The third-order valence-electron chi connectivity index (χ3n) is 5.44. The Hall–Kier alpha value is -4.17. The second-order valence-corrected chi connectivity index (χ2v) is 8.55. The first-order valence-corrected chi connectivity index (χ1v) is 11.2. The van der Waals surface area contributed by atoms with E-state index in [9.17, 15) is 23.5 Å². The number of nitrogens with one attached hydrogen (secondary N) is 1. The van der Waals surface area contributed by atoms with Crippen molar-refractivity contribution in [2.24, 2.45) is 0 Å². The number of carbonyl (C=O) groups is 2. The second kappa shape index (κ2) is 10.2. The minimum Gasteiger partial charge on any atom is -0.488 e. The number of halogens is 3. The Kier molecular flexibility index (Phi) is 7.07. The van der Waals surface area contributed by atoms with Crippen molar-refractivity contribution in [3.63, 3.8) is 0 Å². The molecule has 9 heteroatoms. The molecular weight excluding hydrogens is 490 g/mol. The summed E-state index contributed by atoms with van der Waals surface area (Å²) in [5.74, 6) is -2.51. The van der Waals surface area contributed by atoms with Crippen LogP contribution in [0.15, 0.2) is 66.7 Å². The number of nitrogens with zero attached hydrogens (tertiary/aromatic N) is 1. The van der Waals surface area contributed by atoms with Gasteiger partial charge < -0.3 is 19.7 Å². The molecule has 0 unspecified atom stereocenters. The van der Waals surface area contributed by atoms with Crippen molar-refractivity contribution in [1.82, 2.24) is 4.57 Å². The van der Waals surface area contributed by atoms with Crippen molar-refractivity contribution in [3.05, 3.63) is 100 Å². The van der Waals surface area contributed by atoms with E-state index >= 15 is 0 Å². The molecule has 1 amide bonds. The molecule has 0 radical (unpaired) electrons. The van der Waals surface area contributed by atoms with Gasteiger partial charge in [-0.25, -0.2) is 13.6 Å². The summed E-state index contributed by atoms with van der Waals surface area (Å²) in [4.78, 5) is 23.4. The van der Waals surface area contributed by atoms with Crippen molar-refractivity contribution < 1.29 is 28.2 Å². The number of amides is 1. The number of aromatic carboxylic acids is 1. The van der Waals surface area contributed by atoms with Crippen molar-refractivity contribution in [2.45, 2.75) is 20.5 Å². The van der Waals surface area contributed by atoms with Crippen LogP contribution in [0, 0.1) is 18.6 Å². The van der Waals surface area contributed by atoms with Gasteiger partial charge in [-0.3, -0.25) is 4.79 Å². The van der Waals surface area contributed by atoms with Gasteiger partial charge in [-0.1, -0.05) is 11.6 Å². The number of rotatable bonds is 7. The molecule has 0 bridgehead atoms. The molecule has 36 heavy (non-hydrogen) atoms. The third-order valence-corrected chi connectivity index (χ3v) is 5.67. The van der Waals surface area contributed by atoms with Gasteiger partial charge in [0.25, 0.3) is 0 Å². The minimum absolute atomic E-state index is 0.00958. The van der Waals surface area contributed by atoms with Gasteiger partial charge in [0.2, 0.25) is 5.91 Å². The highest BCUT2D eigenvalue weighted by Gasteiger charge is 2.18. The van der Waals surface area contributed by atoms with Gasteiger partial charge in [-0.05, 0) is 67.6 Å². The lowest BCUT2D eigenvalue weighted by Crippen LogP contribution is -2.09. The van der Waals surface area contributed by atoms with Crippen LogP contribution in [0.3, 0.4) is 0 Å². The predicted octanol–water partition coefficient (Wildman–Crippen LogP) is 6.62. The number of aromatic nitrogens is 1. The molecule has 0 fully saturated rings. The van der Waals surface area contributed by atoms with Gasteiger partial charge in [-0.2, -0.15) is 0 Å². The highest BCUT2D eigenvalue weighted by molar-refractivity contribution is 6.31. The summed E-state index contributed by atoms with van der Waals surface area (Å²) >= 11 is 6.29. The van der Waals surface area contributed by atoms with Crippen LogP contribution < -0.4 is 10.1 Å². The number of hydrogen-bond donors (Lipinski definition) is 2. The first-order chi connectivity index (χ1) is 17.1. The number of carbonyl (C=O) groups excluding carboxylic acids is 1. The number of carboxylic acid groups (broad SMARTS) is 1. The van der Waals surface area contributed by atoms with E-state index in [0.29, 0.717) is 33.4 Å². The largest absolute Gasteiger partial charge is 0.488 e. The van der Waals surface area contributed by atoms with Gasteiger partial charge in [0.1, 0.15) is 24.0 Å². The third kappa shape index (κ3) is 5.39. The number of ether oxygens (including phenoxy) is 1. The van der Waals surface area contributed by atoms with Crippen LogP contribution in [0.2, 0.25) is 5.02 Å². The molecule has 1 heterocycles. The van der Waals surface area contributed by atoms with Crippen LogP contribution in [-0.4, -0.2) is 21.6 Å². The molecule has 0 aliphatic heterocycles. The van der Waals surface area contributed by atoms with Gasteiger partial charge in [-0.15, -0.1) is 0 Å². The molecule has 0 saturated carbocycles. The average molecular weight is 511 g/mol. The first-order valence-electron chi connectivity index (χ1n) is 10.8. The van der Waals surface area contributed by atoms with Gasteiger partial charge in [0.15, 0.2) is 0 Å². The summed E-state index contributed by atoms with van der Waals surface area (Å²) in [7, 11) is 0. The molecule has 4 aromatic rings. The van der Waals surface area contributed by atoms with E-state index in [2.05, 4.69) is 5.32 Å². The van der Waals surface area contributed by atoms with Crippen molar-refractivity contribution in [2.75, 3.05) is 5.32 Å². The molecular formula is C27H21ClF2N2O4. The molecule has 0 aliphatic carbocycles. The fourth-order valence-corrected chi connectivity index (χ4v) is 4.03. The topological polar surface area (TPSA) is 80.6 Å². The first kappa shape index (κ1) is 24.9. The van der Waals surface area contributed by atoms with Crippen LogP contribution in [0.4, 0.5) is 14.5 Å². The SMILES string of the molecule is CC(=O)Nc1cc(C(=O)O)cc(-n2c(C)ccc2-c2cc(Cl)ccc2OCc2ccc(F)cc2F)c1. The minimum atomic E-state index is -1.15. The second-order valence-electron chi connectivity index (χ2n) is 8.12. The average Bonchev–Trinajstić information content (AvgIpc) is 3.19. The number of anilines is 1. The zero-order valence-electron chi connectivity index (χ0n) is 19.3. The number of hydrogen-bond acceptors (Lipinski definition) is 3. The molecule has 4 rings (SSSR count). The fraction of sp³-hybridized carbons (Fsp3) is 0.111. The lowest BCUT2D eigenvalue weighted by molar-refractivity contribution is -0.114. The lowest BCUT2D eigenvalue weighted by atomic mass is 10.1. The molecule has 2 N–H and O–H groups in total. The normalized spacial score (nSPS) is 10.8. The molecule has 0 atom stereocenters. The number of aryl methyl sites for hydroxylation is 1. The van der Waals surface area contributed by atoms with E-state index in [1.165, 1.54) is 25.1 Å². The molecule has 3 aromatic carbocycles. The Bertz CT molecular complexity index is 1480. The smallest absolute Gasteiger partial charge is 0.335 e. The summed E-state index contributed by atoms with van der Waals surface area (Å²) in [6.45, 7) is 3.02. The predicted molar refractivity (Wildman–Crippen MR) is 133 cm³/mol. The van der Waals surface area contributed by atoms with Crippen LogP contribution in [0.1, 0.15) is 28.5 Å². The molecule has 1 aromatic heterocycles. The number of carboxylic acids is 1. The van der Waals surface area contributed by atoms with Crippen molar-refractivity contribution in [3.8, 4) is 22.7 Å². The Balaban J connectivity index is 1.80. The molecule has 0 saturated heterocycles. The summed E-state index contributed by atoms with van der Waals surface area (Å²) < 4.78 is 35.1. The van der Waals surface area contributed by atoms with E-state index < -0.39 is 17.6 Å². The standard InChI is InChI=1S/C27H21ClF2N2O4/c1-15-3-7-25(32(15)22-10-18(27(34)35)9-21(13-22)31-16(2)33)23-11-19(28)5-8-26(23)36-14-17-4-6-20(29)12-24(17)30/h3-13H,14H2,1-2H3,(H,31,33)(H,34,35). The van der Waals surface area contributed by atoms with Crippen LogP contribution in [0.5, 0.6) is 5.75 Å². The van der Waals surface area contributed by atoms with Crippen LogP contribution in [-0.2, 0) is 11.4 Å². The van der Waals surface area contributed by atoms with Gasteiger partial charge >= 0.3 is 5.97 Å². The highest BCUT2D eigenvalue weighted by atomic mass is 35.5. The maximum Gasteiger partial charge on any atom is 0.335 e. The van der Waals surface area contributed by atoms with E-state index in [1.807, 2.05) is 19.1 Å². The zero-order valence-corrected chi connectivity index (χ0v) is 20.1. The Morgan fingerprint density at radius 2 is 1.81 bits per heavy atom. The summed E-state index contributed by atoms with van der Waals surface area (Å²) in [5, 5.41) is 12.7. The van der Waals surface area contributed by atoms with Gasteiger partial charge in [0.05, 0.1) is 11.3 Å². The lowest BCUT2D eigenvalue weighted by Gasteiger charge is -2.17.